The highest BCUT2D eigenvalue weighted by Crippen LogP contribution is 2.43. The van der Waals surface area contributed by atoms with E-state index in [0.717, 1.165) is 33.7 Å². The first-order valence-corrected chi connectivity index (χ1v) is 16.1. The van der Waals surface area contributed by atoms with E-state index in [4.69, 9.17) is 9.97 Å². The summed E-state index contributed by atoms with van der Waals surface area (Å²) in [6, 6.07) is 49.5. The monoisotopic (exact) mass is 604 g/mol. The van der Waals surface area contributed by atoms with Gasteiger partial charge < -0.3 is 4.57 Å². The van der Waals surface area contributed by atoms with Gasteiger partial charge in [-0.15, -0.1) is 0 Å². The Morgan fingerprint density at radius 1 is 0.468 bits per heavy atom. The average Bonchev–Trinajstić information content (AvgIpc) is 3.62. The Morgan fingerprint density at radius 3 is 1.77 bits per heavy atom. The van der Waals surface area contributed by atoms with E-state index >= 15 is 0 Å². The molecular formula is C43H32N4. The minimum atomic E-state index is 0.702. The van der Waals surface area contributed by atoms with Gasteiger partial charge in [0.25, 0.3) is 0 Å². The predicted molar refractivity (Wildman–Crippen MR) is 196 cm³/mol. The first-order valence-electron chi connectivity index (χ1n) is 16.1. The van der Waals surface area contributed by atoms with E-state index in [1.165, 1.54) is 55.0 Å². The van der Waals surface area contributed by atoms with Crippen molar-refractivity contribution in [2.75, 3.05) is 0 Å². The third kappa shape index (κ3) is 4.22. The minimum Gasteiger partial charge on any atom is -0.309 e. The molecule has 0 N–H and O–H groups in total. The second kappa shape index (κ2) is 10.5. The van der Waals surface area contributed by atoms with Crippen LogP contribution in [0.25, 0.3) is 77.8 Å². The Bertz CT molecular complexity index is 2560. The molecule has 9 rings (SSSR count). The van der Waals surface area contributed by atoms with Crippen LogP contribution in [0.5, 0.6) is 0 Å². The number of hydrogen-bond donors (Lipinski definition) is 0. The summed E-state index contributed by atoms with van der Waals surface area (Å²) in [5.41, 5.74) is 12.6. The molecule has 0 radical (unpaired) electrons. The molecule has 0 saturated carbocycles. The lowest BCUT2D eigenvalue weighted by molar-refractivity contribution is 1.05. The average molecular weight is 605 g/mol. The zero-order valence-corrected chi connectivity index (χ0v) is 26.6. The van der Waals surface area contributed by atoms with Crippen molar-refractivity contribution < 1.29 is 0 Å². The Labute approximate surface area is 273 Å². The summed E-state index contributed by atoms with van der Waals surface area (Å²) in [6.45, 7) is 6.62. The summed E-state index contributed by atoms with van der Waals surface area (Å²) in [7, 11) is 0. The lowest BCUT2D eigenvalue weighted by Crippen LogP contribution is -2.03. The summed E-state index contributed by atoms with van der Waals surface area (Å²) in [6.07, 6.45) is 0. The zero-order chi connectivity index (χ0) is 31.6. The maximum absolute atomic E-state index is 5.31. The van der Waals surface area contributed by atoms with Gasteiger partial charge in [-0.25, -0.2) is 9.97 Å². The van der Waals surface area contributed by atoms with Crippen LogP contribution in [0.4, 0.5) is 0 Å². The van der Waals surface area contributed by atoms with E-state index in [-0.39, 0.29) is 0 Å². The van der Waals surface area contributed by atoms with Crippen molar-refractivity contribution in [3.63, 3.8) is 0 Å². The topological polar surface area (TPSA) is 35.6 Å². The van der Waals surface area contributed by atoms with Crippen LogP contribution in [-0.2, 0) is 0 Å². The summed E-state index contributed by atoms with van der Waals surface area (Å²) < 4.78 is 4.82. The molecule has 0 bridgehead atoms. The van der Waals surface area contributed by atoms with Gasteiger partial charge in [0.2, 0.25) is 0 Å². The van der Waals surface area contributed by atoms with Gasteiger partial charge in [-0.05, 0) is 50.1 Å². The quantitative estimate of drug-likeness (QED) is 0.200. The van der Waals surface area contributed by atoms with Gasteiger partial charge >= 0.3 is 0 Å². The normalized spacial score (nSPS) is 11.7. The third-order valence-electron chi connectivity index (χ3n) is 9.37. The van der Waals surface area contributed by atoms with Crippen molar-refractivity contribution in [3.8, 4) is 34.2 Å². The van der Waals surface area contributed by atoms with Crippen LogP contribution in [0.3, 0.4) is 0 Å². The summed E-state index contributed by atoms with van der Waals surface area (Å²) in [4.78, 5) is 10.4. The van der Waals surface area contributed by atoms with E-state index < -0.39 is 0 Å². The number of fused-ring (bicyclic) bond motifs is 7. The second-order valence-electron chi connectivity index (χ2n) is 12.5. The molecule has 0 aliphatic heterocycles. The summed E-state index contributed by atoms with van der Waals surface area (Å²) in [5, 5.41) is 4.84. The van der Waals surface area contributed by atoms with Crippen molar-refractivity contribution >= 4 is 43.6 Å². The molecule has 0 saturated heterocycles. The third-order valence-corrected chi connectivity index (χ3v) is 9.37. The molecule has 0 fully saturated rings. The molecule has 0 unspecified atom stereocenters. The van der Waals surface area contributed by atoms with Crippen molar-refractivity contribution in [1.82, 2.24) is 19.1 Å². The van der Waals surface area contributed by atoms with Gasteiger partial charge in [0.15, 0.2) is 5.82 Å². The van der Waals surface area contributed by atoms with Gasteiger partial charge in [0, 0.05) is 38.7 Å². The van der Waals surface area contributed by atoms with Crippen LogP contribution in [0.1, 0.15) is 16.7 Å². The van der Waals surface area contributed by atoms with Crippen LogP contribution in [0.2, 0.25) is 0 Å². The van der Waals surface area contributed by atoms with Gasteiger partial charge in [-0.2, -0.15) is 0 Å². The predicted octanol–water partition coefficient (Wildman–Crippen LogP) is 10.9. The van der Waals surface area contributed by atoms with Crippen LogP contribution >= 0.6 is 0 Å². The lowest BCUT2D eigenvalue weighted by Gasteiger charge is -2.16. The van der Waals surface area contributed by atoms with Crippen LogP contribution in [0.15, 0.2) is 140 Å². The van der Waals surface area contributed by atoms with Crippen LogP contribution in [-0.4, -0.2) is 19.1 Å². The summed E-state index contributed by atoms with van der Waals surface area (Å²) in [5.74, 6) is 1.55. The molecule has 6 aromatic carbocycles. The fourth-order valence-electron chi connectivity index (χ4n) is 7.53. The minimum absolute atomic E-state index is 0.702. The van der Waals surface area contributed by atoms with E-state index in [9.17, 15) is 0 Å². The number of rotatable bonds is 4. The summed E-state index contributed by atoms with van der Waals surface area (Å²) >= 11 is 0. The lowest BCUT2D eigenvalue weighted by atomic mass is 10.0. The number of para-hydroxylation sites is 2. The van der Waals surface area contributed by atoms with Crippen molar-refractivity contribution in [3.05, 3.63) is 156 Å². The first kappa shape index (κ1) is 27.3. The second-order valence-corrected chi connectivity index (χ2v) is 12.5. The number of aromatic nitrogens is 4. The molecule has 9 aromatic rings. The van der Waals surface area contributed by atoms with Gasteiger partial charge in [0.1, 0.15) is 5.82 Å². The van der Waals surface area contributed by atoms with E-state index in [0.29, 0.717) is 5.82 Å². The number of hydrogen-bond acceptors (Lipinski definition) is 2. The van der Waals surface area contributed by atoms with E-state index in [1.54, 1.807) is 0 Å². The Hall–Kier alpha value is -6.00. The van der Waals surface area contributed by atoms with Gasteiger partial charge in [0.05, 0.1) is 33.4 Å². The molecule has 0 amide bonds. The molecule has 0 aliphatic carbocycles. The molecule has 4 nitrogen and oxygen atoms in total. The van der Waals surface area contributed by atoms with Gasteiger partial charge in [-0.3, -0.25) is 4.57 Å². The molecule has 0 spiro atoms. The molecule has 224 valence electrons. The highest BCUT2D eigenvalue weighted by molar-refractivity contribution is 6.26. The Kier molecular flexibility index (Phi) is 6.12. The molecule has 47 heavy (non-hydrogen) atoms. The van der Waals surface area contributed by atoms with Gasteiger partial charge in [-0.1, -0.05) is 121 Å². The SMILES string of the molecule is Cc1cc(C)c(-n2c3ccccc3c3c2ccc2c4ccccc4n(-c4cc(-c5ccccc5)nc(-c5ccccc5)n4)c23)c(C)c1. The number of benzene rings is 6. The van der Waals surface area contributed by atoms with Crippen molar-refractivity contribution in [2.24, 2.45) is 0 Å². The number of nitrogens with zero attached hydrogens (tertiary/aromatic N) is 4. The Balaban J connectivity index is 1.46. The fraction of sp³-hybridized carbons (Fsp3) is 0.0698. The van der Waals surface area contributed by atoms with E-state index in [2.05, 4.69) is 145 Å². The molecule has 3 heterocycles. The standard InChI is InChI=1S/C43H32N4/c1-27-24-28(2)41(29(3)25-27)46-37-21-13-11-19-34(37)40-38(46)23-22-33-32-18-10-12-20-36(32)47(42(33)40)39-26-35(30-14-6-4-7-15-30)44-43(45-39)31-16-8-5-9-17-31/h4-26H,1-3H3. The van der Waals surface area contributed by atoms with Crippen LogP contribution < -0.4 is 0 Å². The van der Waals surface area contributed by atoms with Crippen molar-refractivity contribution in [2.45, 2.75) is 20.8 Å². The largest absolute Gasteiger partial charge is 0.309 e. The van der Waals surface area contributed by atoms with Crippen LogP contribution in [0, 0.1) is 20.8 Å². The zero-order valence-electron chi connectivity index (χ0n) is 26.6. The highest BCUT2D eigenvalue weighted by atomic mass is 15.1. The molecule has 3 aromatic heterocycles. The first-order chi connectivity index (χ1) is 23.1. The highest BCUT2D eigenvalue weighted by Gasteiger charge is 2.23. The molecule has 4 heteroatoms. The maximum Gasteiger partial charge on any atom is 0.162 e. The molecule has 0 atom stereocenters. The van der Waals surface area contributed by atoms with Crippen molar-refractivity contribution in [1.29, 1.82) is 0 Å². The maximum atomic E-state index is 5.31. The van der Waals surface area contributed by atoms with E-state index in [1.807, 2.05) is 24.3 Å². The fourth-order valence-corrected chi connectivity index (χ4v) is 7.53. The number of aryl methyl sites for hydroxylation is 3. The molecule has 0 aliphatic rings. The smallest absolute Gasteiger partial charge is 0.162 e. The Morgan fingerprint density at radius 2 is 1.06 bits per heavy atom. The molecular weight excluding hydrogens is 573 g/mol.